The van der Waals surface area contributed by atoms with Gasteiger partial charge in [-0.1, -0.05) is 13.0 Å². The Morgan fingerprint density at radius 3 is 2.64 bits per heavy atom. The molecule has 150 valence electrons. The van der Waals surface area contributed by atoms with Crippen LogP contribution >= 0.6 is 0 Å². The lowest BCUT2D eigenvalue weighted by Crippen LogP contribution is -2.46. The van der Waals surface area contributed by atoms with E-state index in [2.05, 4.69) is 52.1 Å². The third-order valence-electron chi connectivity index (χ3n) is 5.37. The number of aromatic nitrogens is 2. The van der Waals surface area contributed by atoms with E-state index in [9.17, 15) is 0 Å². The predicted octanol–water partition coefficient (Wildman–Crippen LogP) is 3.05. The van der Waals surface area contributed by atoms with Crippen molar-refractivity contribution in [2.45, 2.75) is 39.8 Å². The van der Waals surface area contributed by atoms with Gasteiger partial charge in [0, 0.05) is 50.5 Å². The van der Waals surface area contributed by atoms with Gasteiger partial charge in [-0.25, -0.2) is 4.98 Å². The number of nitrogens with one attached hydrogen (secondary N) is 1. The normalized spacial score (nSPS) is 17.6. The number of benzene rings is 1. The number of ether oxygens (including phenoxy) is 2. The molecule has 0 amide bonds. The van der Waals surface area contributed by atoms with Crippen molar-refractivity contribution in [1.82, 2.24) is 14.9 Å². The first-order valence-electron chi connectivity index (χ1n) is 10.1. The molecule has 0 spiro atoms. The average Bonchev–Trinajstić information content (AvgIpc) is 3.16. The molecule has 1 atom stereocenters. The van der Waals surface area contributed by atoms with Crippen molar-refractivity contribution in [3.8, 4) is 11.5 Å². The van der Waals surface area contributed by atoms with Crippen LogP contribution in [-0.2, 0) is 6.54 Å². The minimum Gasteiger partial charge on any atom is -0.454 e. The van der Waals surface area contributed by atoms with Gasteiger partial charge in [-0.3, -0.25) is 4.90 Å². The summed E-state index contributed by atoms with van der Waals surface area (Å²) in [6.07, 6.45) is 1.05. The fourth-order valence-corrected chi connectivity index (χ4v) is 3.53. The number of hydrogen-bond donors (Lipinski definition) is 1. The highest BCUT2D eigenvalue weighted by molar-refractivity contribution is 5.46. The first-order chi connectivity index (χ1) is 13.6. The Balaban J connectivity index is 1.36. The molecular weight excluding hydrogens is 354 g/mol. The molecule has 0 saturated carbocycles. The third-order valence-corrected chi connectivity index (χ3v) is 5.37. The summed E-state index contributed by atoms with van der Waals surface area (Å²) in [5.41, 5.74) is 2.26. The van der Waals surface area contributed by atoms with Gasteiger partial charge in [0.2, 0.25) is 12.7 Å². The largest absolute Gasteiger partial charge is 0.454 e. The van der Waals surface area contributed by atoms with Crippen LogP contribution in [0.3, 0.4) is 0 Å². The Labute approximate surface area is 166 Å². The maximum Gasteiger partial charge on any atom is 0.231 e. The standard InChI is InChI=1S/C21H29N5O2/c1-4-15(2)22-21-23-16(3)11-20(24-21)26-9-7-25(8-10-26)13-17-5-6-18-19(12-17)28-14-27-18/h5-6,11-12,15H,4,7-10,13-14H2,1-3H3,(H,22,23,24). The fourth-order valence-electron chi connectivity index (χ4n) is 3.53. The molecule has 28 heavy (non-hydrogen) atoms. The van der Waals surface area contributed by atoms with Crippen LogP contribution < -0.4 is 19.7 Å². The number of fused-ring (bicyclic) bond motifs is 1. The summed E-state index contributed by atoms with van der Waals surface area (Å²) in [4.78, 5) is 14.1. The monoisotopic (exact) mass is 383 g/mol. The molecule has 1 fully saturated rings. The van der Waals surface area contributed by atoms with Crippen molar-refractivity contribution in [3.63, 3.8) is 0 Å². The van der Waals surface area contributed by atoms with Gasteiger partial charge in [0.1, 0.15) is 5.82 Å². The second-order valence-electron chi connectivity index (χ2n) is 7.60. The molecule has 1 N–H and O–H groups in total. The smallest absolute Gasteiger partial charge is 0.231 e. The lowest BCUT2D eigenvalue weighted by Gasteiger charge is -2.35. The van der Waals surface area contributed by atoms with Crippen molar-refractivity contribution in [2.24, 2.45) is 0 Å². The number of anilines is 2. The predicted molar refractivity (Wildman–Crippen MR) is 110 cm³/mol. The van der Waals surface area contributed by atoms with Crippen LogP contribution in [0.25, 0.3) is 0 Å². The Kier molecular flexibility index (Phi) is 5.52. The average molecular weight is 383 g/mol. The maximum absolute atomic E-state index is 5.49. The van der Waals surface area contributed by atoms with Crippen LogP contribution in [0, 0.1) is 6.92 Å². The molecule has 7 heteroatoms. The van der Waals surface area contributed by atoms with Crippen molar-refractivity contribution >= 4 is 11.8 Å². The van der Waals surface area contributed by atoms with Crippen LogP contribution in [0.15, 0.2) is 24.3 Å². The van der Waals surface area contributed by atoms with Crippen LogP contribution in [0.2, 0.25) is 0 Å². The second-order valence-corrected chi connectivity index (χ2v) is 7.60. The molecule has 2 aliphatic heterocycles. The van der Waals surface area contributed by atoms with Gasteiger partial charge >= 0.3 is 0 Å². The minimum absolute atomic E-state index is 0.323. The summed E-state index contributed by atoms with van der Waals surface area (Å²) < 4.78 is 10.9. The van der Waals surface area contributed by atoms with Gasteiger partial charge in [-0.2, -0.15) is 4.98 Å². The molecule has 1 aromatic heterocycles. The zero-order chi connectivity index (χ0) is 19.5. The first-order valence-corrected chi connectivity index (χ1v) is 10.1. The van der Waals surface area contributed by atoms with Crippen LogP contribution in [0.4, 0.5) is 11.8 Å². The minimum atomic E-state index is 0.323. The molecule has 1 unspecified atom stereocenters. The van der Waals surface area contributed by atoms with E-state index in [1.807, 2.05) is 13.0 Å². The Morgan fingerprint density at radius 2 is 1.86 bits per heavy atom. The van der Waals surface area contributed by atoms with Gasteiger partial charge in [-0.05, 0) is 38.0 Å². The molecule has 0 bridgehead atoms. The van der Waals surface area contributed by atoms with E-state index in [1.165, 1.54) is 5.56 Å². The van der Waals surface area contributed by atoms with E-state index in [0.717, 1.165) is 68.1 Å². The molecule has 0 radical (unpaired) electrons. The van der Waals surface area contributed by atoms with Crippen LogP contribution in [0.5, 0.6) is 11.5 Å². The van der Waals surface area contributed by atoms with E-state index in [1.54, 1.807) is 0 Å². The van der Waals surface area contributed by atoms with Gasteiger partial charge < -0.3 is 19.7 Å². The summed E-state index contributed by atoms with van der Waals surface area (Å²) in [5, 5.41) is 3.39. The lowest BCUT2D eigenvalue weighted by atomic mass is 10.1. The molecule has 1 saturated heterocycles. The summed E-state index contributed by atoms with van der Waals surface area (Å²) in [6.45, 7) is 11.5. The number of hydrogen-bond acceptors (Lipinski definition) is 7. The number of piperazine rings is 1. The van der Waals surface area contributed by atoms with Crippen LogP contribution in [0.1, 0.15) is 31.5 Å². The molecule has 7 nitrogen and oxygen atoms in total. The highest BCUT2D eigenvalue weighted by Gasteiger charge is 2.20. The van der Waals surface area contributed by atoms with E-state index in [0.29, 0.717) is 12.8 Å². The Morgan fingerprint density at radius 1 is 1.07 bits per heavy atom. The van der Waals surface area contributed by atoms with Crippen molar-refractivity contribution in [2.75, 3.05) is 43.2 Å². The van der Waals surface area contributed by atoms with Crippen LogP contribution in [-0.4, -0.2) is 53.9 Å². The fraction of sp³-hybridized carbons (Fsp3) is 0.524. The maximum atomic E-state index is 5.49. The van der Waals surface area contributed by atoms with E-state index < -0.39 is 0 Å². The second kappa shape index (κ2) is 8.22. The molecular formula is C21H29N5O2. The zero-order valence-corrected chi connectivity index (χ0v) is 16.9. The van der Waals surface area contributed by atoms with Crippen molar-refractivity contribution < 1.29 is 9.47 Å². The first kappa shape index (κ1) is 18.8. The molecule has 2 aliphatic rings. The zero-order valence-electron chi connectivity index (χ0n) is 16.9. The molecule has 3 heterocycles. The highest BCUT2D eigenvalue weighted by Crippen LogP contribution is 2.33. The summed E-state index contributed by atoms with van der Waals surface area (Å²) in [7, 11) is 0. The van der Waals surface area contributed by atoms with E-state index in [-0.39, 0.29) is 0 Å². The van der Waals surface area contributed by atoms with Crippen molar-refractivity contribution in [1.29, 1.82) is 0 Å². The van der Waals surface area contributed by atoms with Gasteiger partial charge in [0.05, 0.1) is 0 Å². The lowest BCUT2D eigenvalue weighted by molar-refractivity contribution is 0.174. The van der Waals surface area contributed by atoms with Crippen molar-refractivity contribution in [3.05, 3.63) is 35.5 Å². The van der Waals surface area contributed by atoms with Gasteiger partial charge in [0.15, 0.2) is 11.5 Å². The highest BCUT2D eigenvalue weighted by atomic mass is 16.7. The van der Waals surface area contributed by atoms with Gasteiger partial charge in [0.25, 0.3) is 0 Å². The number of rotatable bonds is 6. The topological polar surface area (TPSA) is 62.8 Å². The van der Waals surface area contributed by atoms with E-state index in [4.69, 9.17) is 14.5 Å². The SMILES string of the molecule is CCC(C)Nc1nc(C)cc(N2CCN(Cc3ccc4c(c3)OCO4)CC2)n1. The summed E-state index contributed by atoms with van der Waals surface area (Å²) in [5.74, 6) is 3.44. The Hall–Kier alpha value is -2.54. The molecule has 1 aromatic carbocycles. The number of nitrogens with zero attached hydrogens (tertiary/aromatic N) is 4. The summed E-state index contributed by atoms with van der Waals surface area (Å²) in [6, 6.07) is 8.67. The van der Waals surface area contributed by atoms with E-state index >= 15 is 0 Å². The third kappa shape index (κ3) is 4.30. The Bertz CT molecular complexity index is 820. The molecule has 4 rings (SSSR count). The number of aryl methyl sites for hydroxylation is 1. The summed E-state index contributed by atoms with van der Waals surface area (Å²) >= 11 is 0. The quantitative estimate of drug-likeness (QED) is 0.822. The van der Waals surface area contributed by atoms with Gasteiger partial charge in [-0.15, -0.1) is 0 Å². The molecule has 0 aliphatic carbocycles. The molecule has 2 aromatic rings.